The minimum atomic E-state index is -0.487. The monoisotopic (exact) mass is 428 g/mol. The van der Waals surface area contributed by atoms with Gasteiger partial charge in [-0.25, -0.2) is 15.0 Å². The average molecular weight is 429 g/mol. The number of carbonyl (C=O) groups is 1. The van der Waals surface area contributed by atoms with Gasteiger partial charge in [0.1, 0.15) is 11.9 Å². The smallest absolute Gasteiger partial charge is 0.242 e. The molecule has 0 spiro atoms. The summed E-state index contributed by atoms with van der Waals surface area (Å²) in [6.45, 7) is 4.34. The molecule has 0 saturated heterocycles. The molecule has 1 amide bonds. The number of fused-ring (bicyclic) bond motifs is 1. The van der Waals surface area contributed by atoms with E-state index in [4.69, 9.17) is 0 Å². The highest BCUT2D eigenvalue weighted by Gasteiger charge is 2.20. The number of imidazole rings is 1. The van der Waals surface area contributed by atoms with Gasteiger partial charge in [-0.05, 0) is 37.6 Å². The number of anilines is 1. The summed E-state index contributed by atoms with van der Waals surface area (Å²) in [5, 5.41) is 6.30. The van der Waals surface area contributed by atoms with Crippen molar-refractivity contribution >= 4 is 22.9 Å². The van der Waals surface area contributed by atoms with Crippen LogP contribution in [0.2, 0.25) is 0 Å². The van der Waals surface area contributed by atoms with Crippen LogP contribution < -0.4 is 10.6 Å². The Kier molecular flexibility index (Phi) is 6.44. The van der Waals surface area contributed by atoms with Crippen LogP contribution in [0.15, 0.2) is 60.7 Å². The standard InChI is InChI=1S/C25H28N6O/c1-17-15-18(2)28-25(27-17)30-21(16-19-9-5-4-6-10-19)24(32)26-14-13-23-29-20-11-7-8-12-22(20)31(23)3/h4-12,15,21H,13-14,16H2,1-3H3,(H,26,32)(H,27,28,30)/t21-/m1/s1. The van der Waals surface area contributed by atoms with Gasteiger partial charge in [-0.1, -0.05) is 42.5 Å². The predicted octanol–water partition coefficient (Wildman–Crippen LogP) is 3.36. The number of para-hydroxylation sites is 2. The van der Waals surface area contributed by atoms with Gasteiger partial charge in [0, 0.05) is 37.8 Å². The zero-order valence-electron chi connectivity index (χ0n) is 18.7. The van der Waals surface area contributed by atoms with Crippen molar-refractivity contribution in [3.63, 3.8) is 0 Å². The molecular weight excluding hydrogens is 400 g/mol. The molecule has 7 heteroatoms. The largest absolute Gasteiger partial charge is 0.354 e. The van der Waals surface area contributed by atoms with Gasteiger partial charge in [0.15, 0.2) is 0 Å². The molecule has 4 rings (SSSR count). The second kappa shape index (κ2) is 9.60. The average Bonchev–Trinajstić information content (AvgIpc) is 3.09. The van der Waals surface area contributed by atoms with Crippen molar-refractivity contribution in [2.24, 2.45) is 7.05 Å². The third kappa shape index (κ3) is 5.11. The van der Waals surface area contributed by atoms with Crippen molar-refractivity contribution < 1.29 is 4.79 Å². The maximum absolute atomic E-state index is 13.1. The second-order valence-electron chi connectivity index (χ2n) is 7.98. The summed E-state index contributed by atoms with van der Waals surface area (Å²) in [6, 6.07) is 19.4. The first-order valence-corrected chi connectivity index (χ1v) is 10.8. The summed E-state index contributed by atoms with van der Waals surface area (Å²) in [7, 11) is 2.00. The summed E-state index contributed by atoms with van der Waals surface area (Å²) in [4.78, 5) is 26.7. The zero-order chi connectivity index (χ0) is 22.5. The van der Waals surface area contributed by atoms with Crippen LogP contribution >= 0.6 is 0 Å². The van der Waals surface area contributed by atoms with Crippen molar-refractivity contribution in [2.75, 3.05) is 11.9 Å². The van der Waals surface area contributed by atoms with Crippen LogP contribution in [0.5, 0.6) is 0 Å². The van der Waals surface area contributed by atoms with E-state index < -0.39 is 6.04 Å². The lowest BCUT2D eigenvalue weighted by molar-refractivity contribution is -0.121. The van der Waals surface area contributed by atoms with Crippen molar-refractivity contribution in [1.82, 2.24) is 24.8 Å². The van der Waals surface area contributed by atoms with Crippen LogP contribution in [0.25, 0.3) is 11.0 Å². The minimum absolute atomic E-state index is 0.0876. The van der Waals surface area contributed by atoms with E-state index in [2.05, 4.69) is 30.2 Å². The van der Waals surface area contributed by atoms with E-state index in [0.29, 0.717) is 25.3 Å². The van der Waals surface area contributed by atoms with Crippen LogP contribution in [0.4, 0.5) is 5.95 Å². The molecule has 164 valence electrons. The van der Waals surface area contributed by atoms with Gasteiger partial charge in [-0.2, -0.15) is 0 Å². The predicted molar refractivity (Wildman–Crippen MR) is 126 cm³/mol. The Balaban J connectivity index is 1.45. The van der Waals surface area contributed by atoms with Gasteiger partial charge in [-0.15, -0.1) is 0 Å². The van der Waals surface area contributed by atoms with E-state index in [-0.39, 0.29) is 5.91 Å². The van der Waals surface area contributed by atoms with Gasteiger partial charge in [-0.3, -0.25) is 4.79 Å². The highest BCUT2D eigenvalue weighted by molar-refractivity contribution is 5.84. The molecular formula is C25H28N6O. The number of hydrogen-bond acceptors (Lipinski definition) is 5. The molecule has 32 heavy (non-hydrogen) atoms. The summed E-state index contributed by atoms with van der Waals surface area (Å²) in [6.07, 6.45) is 1.18. The fraction of sp³-hybridized carbons (Fsp3) is 0.280. The maximum atomic E-state index is 13.1. The van der Waals surface area contributed by atoms with Gasteiger partial charge >= 0.3 is 0 Å². The normalized spacial score (nSPS) is 12.0. The number of aromatic nitrogens is 4. The van der Waals surface area contributed by atoms with Crippen LogP contribution in [0.3, 0.4) is 0 Å². The topological polar surface area (TPSA) is 84.7 Å². The van der Waals surface area contributed by atoms with Crippen LogP contribution in [0, 0.1) is 13.8 Å². The number of carbonyl (C=O) groups excluding carboxylic acids is 1. The lowest BCUT2D eigenvalue weighted by Crippen LogP contribution is -2.42. The number of hydrogen-bond donors (Lipinski definition) is 2. The fourth-order valence-electron chi connectivity index (χ4n) is 3.85. The van der Waals surface area contributed by atoms with Crippen LogP contribution in [0.1, 0.15) is 22.8 Å². The molecule has 4 aromatic rings. The van der Waals surface area contributed by atoms with Crippen molar-refractivity contribution in [2.45, 2.75) is 32.7 Å². The second-order valence-corrected chi connectivity index (χ2v) is 7.98. The molecule has 0 unspecified atom stereocenters. The quantitative estimate of drug-likeness (QED) is 0.450. The van der Waals surface area contributed by atoms with Gasteiger partial charge in [0.25, 0.3) is 0 Å². The fourth-order valence-corrected chi connectivity index (χ4v) is 3.85. The van der Waals surface area contributed by atoms with Crippen molar-refractivity contribution in [3.8, 4) is 0 Å². The molecule has 1 atom stereocenters. The van der Waals surface area contributed by atoms with E-state index in [9.17, 15) is 4.79 Å². The number of aryl methyl sites for hydroxylation is 3. The SMILES string of the molecule is Cc1cc(C)nc(N[C@H](Cc2ccccc2)C(=O)NCCc2nc3ccccc3n2C)n1. The molecule has 0 fully saturated rings. The highest BCUT2D eigenvalue weighted by atomic mass is 16.2. The number of nitrogens with zero attached hydrogens (tertiary/aromatic N) is 4. The molecule has 0 saturated carbocycles. The highest BCUT2D eigenvalue weighted by Crippen LogP contribution is 2.14. The molecule has 2 N–H and O–H groups in total. The molecule has 0 bridgehead atoms. The third-order valence-electron chi connectivity index (χ3n) is 5.41. The Hall–Kier alpha value is -3.74. The third-order valence-corrected chi connectivity index (χ3v) is 5.41. The number of nitrogens with one attached hydrogen (secondary N) is 2. The van der Waals surface area contributed by atoms with Gasteiger partial charge in [0.2, 0.25) is 11.9 Å². The Bertz CT molecular complexity index is 1200. The van der Waals surface area contributed by atoms with E-state index >= 15 is 0 Å². The molecule has 2 aromatic heterocycles. The zero-order valence-corrected chi connectivity index (χ0v) is 18.7. The lowest BCUT2D eigenvalue weighted by atomic mass is 10.1. The Morgan fingerprint density at radius 1 is 0.969 bits per heavy atom. The molecule has 0 aliphatic rings. The lowest BCUT2D eigenvalue weighted by Gasteiger charge is -2.19. The first-order valence-electron chi connectivity index (χ1n) is 10.8. The molecule has 2 heterocycles. The van der Waals surface area contributed by atoms with Crippen molar-refractivity contribution in [1.29, 1.82) is 0 Å². The van der Waals surface area contributed by atoms with Crippen LogP contribution in [-0.2, 0) is 24.7 Å². The number of rotatable bonds is 8. The Labute approximate surface area is 187 Å². The number of amides is 1. The van der Waals surface area contributed by atoms with Gasteiger partial charge in [0.05, 0.1) is 11.0 Å². The van der Waals surface area contributed by atoms with Crippen molar-refractivity contribution in [3.05, 3.63) is 83.4 Å². The first-order chi connectivity index (χ1) is 15.5. The number of benzene rings is 2. The van der Waals surface area contributed by atoms with Crippen LogP contribution in [-0.4, -0.2) is 38.0 Å². The Morgan fingerprint density at radius 3 is 2.38 bits per heavy atom. The summed E-state index contributed by atoms with van der Waals surface area (Å²) >= 11 is 0. The van der Waals surface area contributed by atoms with Gasteiger partial charge < -0.3 is 15.2 Å². The van der Waals surface area contributed by atoms with E-state index in [0.717, 1.165) is 33.8 Å². The molecule has 0 radical (unpaired) electrons. The molecule has 0 aliphatic heterocycles. The van der Waals surface area contributed by atoms with E-state index in [1.165, 1.54) is 0 Å². The Morgan fingerprint density at radius 2 is 1.66 bits per heavy atom. The molecule has 2 aromatic carbocycles. The van der Waals surface area contributed by atoms with E-state index in [1.807, 2.05) is 81.6 Å². The summed E-state index contributed by atoms with van der Waals surface area (Å²) < 4.78 is 2.07. The minimum Gasteiger partial charge on any atom is -0.354 e. The molecule has 0 aliphatic carbocycles. The maximum Gasteiger partial charge on any atom is 0.242 e. The van der Waals surface area contributed by atoms with E-state index in [1.54, 1.807) is 0 Å². The first kappa shape index (κ1) is 21.5. The summed E-state index contributed by atoms with van der Waals surface area (Å²) in [5.74, 6) is 1.32. The molecule has 7 nitrogen and oxygen atoms in total. The summed E-state index contributed by atoms with van der Waals surface area (Å²) in [5.41, 5.74) is 4.85.